The fourth-order valence-electron chi connectivity index (χ4n) is 2.63. The maximum Gasteiger partial charge on any atom is 0.231 e. The Morgan fingerprint density at radius 3 is 2.57 bits per heavy atom. The number of rotatable bonds is 5. The Balaban J connectivity index is 1.54. The van der Waals surface area contributed by atoms with Crippen LogP contribution in [0.1, 0.15) is 12.8 Å². The molecule has 0 aliphatic carbocycles. The number of aromatic nitrogens is 3. The SMILES string of the molecule is Clc1nc(NCCN2CCSCC2)nc(N2CCCC2)n1. The zero-order chi connectivity index (χ0) is 14.5. The van der Waals surface area contributed by atoms with E-state index in [0.29, 0.717) is 11.9 Å². The van der Waals surface area contributed by atoms with Gasteiger partial charge in [-0.3, -0.25) is 4.90 Å². The van der Waals surface area contributed by atoms with Crippen LogP contribution in [-0.2, 0) is 0 Å². The number of nitrogens with zero attached hydrogens (tertiary/aromatic N) is 5. The highest BCUT2D eigenvalue weighted by Gasteiger charge is 2.17. The molecule has 0 atom stereocenters. The molecule has 0 radical (unpaired) electrons. The summed E-state index contributed by atoms with van der Waals surface area (Å²) in [5.74, 6) is 3.75. The molecule has 3 rings (SSSR count). The summed E-state index contributed by atoms with van der Waals surface area (Å²) in [4.78, 5) is 17.5. The molecule has 0 saturated carbocycles. The number of thioether (sulfide) groups is 1. The van der Waals surface area contributed by atoms with E-state index in [-0.39, 0.29) is 5.28 Å². The minimum atomic E-state index is 0.267. The van der Waals surface area contributed by atoms with Crippen LogP contribution in [0.4, 0.5) is 11.9 Å². The van der Waals surface area contributed by atoms with Gasteiger partial charge in [-0.25, -0.2) is 0 Å². The first kappa shape index (κ1) is 15.1. The molecule has 2 aliphatic rings. The molecular formula is C13H21ClN6S. The first-order valence-electron chi connectivity index (χ1n) is 7.52. The highest BCUT2D eigenvalue weighted by Crippen LogP contribution is 2.18. The number of hydrogen-bond donors (Lipinski definition) is 1. The van der Waals surface area contributed by atoms with Gasteiger partial charge in [0.05, 0.1) is 0 Å². The molecule has 3 heterocycles. The first-order chi connectivity index (χ1) is 10.3. The predicted molar refractivity (Wildman–Crippen MR) is 88.5 cm³/mol. The molecule has 6 nitrogen and oxygen atoms in total. The van der Waals surface area contributed by atoms with Gasteiger partial charge in [-0.2, -0.15) is 26.7 Å². The van der Waals surface area contributed by atoms with Gasteiger partial charge in [0.15, 0.2) is 0 Å². The molecule has 0 unspecified atom stereocenters. The third-order valence-corrected chi connectivity index (χ3v) is 4.91. The monoisotopic (exact) mass is 328 g/mol. The van der Waals surface area contributed by atoms with Crippen LogP contribution in [0.15, 0.2) is 0 Å². The number of hydrogen-bond acceptors (Lipinski definition) is 7. The summed E-state index contributed by atoms with van der Waals surface area (Å²) in [5.41, 5.74) is 0. The summed E-state index contributed by atoms with van der Waals surface area (Å²) in [6.45, 7) is 6.20. The maximum atomic E-state index is 6.01. The predicted octanol–water partition coefficient (Wildman–Crippen LogP) is 1.59. The molecule has 0 bridgehead atoms. The van der Waals surface area contributed by atoms with Crippen molar-refractivity contribution in [3.8, 4) is 0 Å². The van der Waals surface area contributed by atoms with E-state index in [4.69, 9.17) is 11.6 Å². The quantitative estimate of drug-likeness (QED) is 0.880. The van der Waals surface area contributed by atoms with Crippen molar-refractivity contribution in [2.45, 2.75) is 12.8 Å². The van der Waals surface area contributed by atoms with Crippen LogP contribution in [-0.4, -0.2) is 70.6 Å². The zero-order valence-corrected chi connectivity index (χ0v) is 13.7. The van der Waals surface area contributed by atoms with Crippen molar-refractivity contribution in [1.29, 1.82) is 0 Å². The normalized spacial score (nSPS) is 20.0. The van der Waals surface area contributed by atoms with Crippen molar-refractivity contribution in [3.05, 3.63) is 5.28 Å². The molecule has 2 fully saturated rings. The lowest BCUT2D eigenvalue weighted by Crippen LogP contribution is -2.36. The summed E-state index contributed by atoms with van der Waals surface area (Å²) < 4.78 is 0. The second-order valence-electron chi connectivity index (χ2n) is 5.30. The highest BCUT2D eigenvalue weighted by molar-refractivity contribution is 7.99. The van der Waals surface area contributed by atoms with E-state index >= 15 is 0 Å². The van der Waals surface area contributed by atoms with Crippen LogP contribution in [0, 0.1) is 0 Å². The van der Waals surface area contributed by atoms with E-state index < -0.39 is 0 Å². The van der Waals surface area contributed by atoms with E-state index in [2.05, 4.69) is 30.1 Å². The van der Waals surface area contributed by atoms with Gasteiger partial charge in [-0.15, -0.1) is 0 Å². The fraction of sp³-hybridized carbons (Fsp3) is 0.769. The molecule has 0 amide bonds. The van der Waals surface area contributed by atoms with E-state index in [1.807, 2.05) is 11.8 Å². The topological polar surface area (TPSA) is 57.2 Å². The van der Waals surface area contributed by atoms with Crippen molar-refractivity contribution >= 4 is 35.3 Å². The average molecular weight is 329 g/mol. The van der Waals surface area contributed by atoms with Gasteiger partial charge in [0.25, 0.3) is 0 Å². The Hall–Kier alpha value is -0.790. The van der Waals surface area contributed by atoms with Crippen molar-refractivity contribution in [1.82, 2.24) is 19.9 Å². The van der Waals surface area contributed by atoms with Gasteiger partial charge in [-0.05, 0) is 24.4 Å². The Bertz CT molecular complexity index is 462. The Morgan fingerprint density at radius 2 is 1.81 bits per heavy atom. The molecule has 116 valence electrons. The largest absolute Gasteiger partial charge is 0.353 e. The van der Waals surface area contributed by atoms with Gasteiger partial charge in [0, 0.05) is 50.8 Å². The fourth-order valence-corrected chi connectivity index (χ4v) is 3.76. The maximum absolute atomic E-state index is 6.01. The van der Waals surface area contributed by atoms with E-state index in [0.717, 1.165) is 26.2 Å². The zero-order valence-electron chi connectivity index (χ0n) is 12.1. The van der Waals surface area contributed by atoms with E-state index in [1.54, 1.807) is 0 Å². The number of halogens is 1. The molecule has 2 aliphatic heterocycles. The lowest BCUT2D eigenvalue weighted by Gasteiger charge is -2.26. The van der Waals surface area contributed by atoms with Crippen LogP contribution in [0.5, 0.6) is 0 Å². The van der Waals surface area contributed by atoms with Gasteiger partial charge >= 0.3 is 0 Å². The molecular weight excluding hydrogens is 308 g/mol. The number of anilines is 2. The molecule has 2 saturated heterocycles. The van der Waals surface area contributed by atoms with Crippen molar-refractivity contribution in [2.24, 2.45) is 0 Å². The minimum Gasteiger partial charge on any atom is -0.353 e. The van der Waals surface area contributed by atoms with E-state index in [1.165, 1.54) is 37.4 Å². The average Bonchev–Trinajstić information content (AvgIpc) is 3.02. The Labute approximate surface area is 134 Å². The van der Waals surface area contributed by atoms with Gasteiger partial charge in [0.1, 0.15) is 0 Å². The Morgan fingerprint density at radius 1 is 1.05 bits per heavy atom. The molecule has 1 aromatic rings. The van der Waals surface area contributed by atoms with Crippen LogP contribution in [0.25, 0.3) is 0 Å². The van der Waals surface area contributed by atoms with Gasteiger partial charge in [-0.1, -0.05) is 0 Å². The molecule has 1 aromatic heterocycles. The highest BCUT2D eigenvalue weighted by atomic mass is 35.5. The summed E-state index contributed by atoms with van der Waals surface area (Å²) in [6, 6.07) is 0. The van der Waals surface area contributed by atoms with E-state index in [9.17, 15) is 0 Å². The molecule has 1 N–H and O–H groups in total. The Kier molecular flexibility index (Phi) is 5.38. The molecule has 21 heavy (non-hydrogen) atoms. The van der Waals surface area contributed by atoms with Crippen LogP contribution in [0.2, 0.25) is 5.28 Å². The van der Waals surface area contributed by atoms with Crippen LogP contribution < -0.4 is 10.2 Å². The number of nitrogens with one attached hydrogen (secondary N) is 1. The second-order valence-corrected chi connectivity index (χ2v) is 6.87. The van der Waals surface area contributed by atoms with Crippen molar-refractivity contribution in [2.75, 3.05) is 61.0 Å². The summed E-state index contributed by atoms with van der Waals surface area (Å²) in [7, 11) is 0. The molecule has 8 heteroatoms. The lowest BCUT2D eigenvalue weighted by molar-refractivity contribution is 0.314. The third-order valence-electron chi connectivity index (χ3n) is 3.80. The molecule has 0 spiro atoms. The molecule has 0 aromatic carbocycles. The van der Waals surface area contributed by atoms with Crippen LogP contribution in [0.3, 0.4) is 0 Å². The third kappa shape index (κ3) is 4.34. The van der Waals surface area contributed by atoms with Gasteiger partial charge in [0.2, 0.25) is 17.2 Å². The smallest absolute Gasteiger partial charge is 0.231 e. The summed E-state index contributed by atoms with van der Waals surface area (Å²) in [5, 5.41) is 3.54. The van der Waals surface area contributed by atoms with Gasteiger partial charge < -0.3 is 10.2 Å². The van der Waals surface area contributed by atoms with Crippen LogP contribution >= 0.6 is 23.4 Å². The lowest BCUT2D eigenvalue weighted by atomic mass is 10.4. The van der Waals surface area contributed by atoms with Crippen molar-refractivity contribution < 1.29 is 0 Å². The minimum absolute atomic E-state index is 0.267. The summed E-state index contributed by atoms with van der Waals surface area (Å²) in [6.07, 6.45) is 2.39. The first-order valence-corrected chi connectivity index (χ1v) is 9.05. The standard InChI is InChI=1S/C13H21ClN6S/c14-11-16-12(15-3-6-19-7-9-21-10-8-19)18-13(17-11)20-4-1-2-5-20/h1-10H2,(H,15,16,17,18). The summed E-state index contributed by atoms with van der Waals surface area (Å²) >= 11 is 8.04. The van der Waals surface area contributed by atoms with Crippen molar-refractivity contribution in [3.63, 3.8) is 0 Å². The second kappa shape index (κ2) is 7.47.